The summed E-state index contributed by atoms with van der Waals surface area (Å²) in [6, 6.07) is 4.36. The molecule has 6 heteroatoms. The largest absolute Gasteiger partial charge is 0.508 e. The Morgan fingerprint density at radius 2 is 1.96 bits per heavy atom. The summed E-state index contributed by atoms with van der Waals surface area (Å²) in [6.07, 6.45) is 5.32. The topological polar surface area (TPSA) is 76.9 Å². The van der Waals surface area contributed by atoms with Crippen LogP contribution in [0.4, 0.5) is 0 Å². The van der Waals surface area contributed by atoms with Gasteiger partial charge in [-0.3, -0.25) is 5.43 Å². The van der Waals surface area contributed by atoms with Gasteiger partial charge in [-0.25, -0.2) is 0 Å². The minimum absolute atomic E-state index is 0.0150. The maximum absolute atomic E-state index is 9.74. The molecule has 24 heavy (non-hydrogen) atoms. The molecule has 0 spiro atoms. The first-order chi connectivity index (χ1) is 11.2. The van der Waals surface area contributed by atoms with Gasteiger partial charge >= 0.3 is 0 Å². The number of benzene rings is 1. The lowest BCUT2D eigenvalue weighted by Crippen LogP contribution is -2.60. The second kappa shape index (κ2) is 5.92. The fourth-order valence-corrected chi connectivity index (χ4v) is 4.70. The van der Waals surface area contributed by atoms with Crippen molar-refractivity contribution >= 4 is 23.5 Å². The third-order valence-corrected chi connectivity index (χ3v) is 6.56. The van der Waals surface area contributed by atoms with E-state index < -0.39 is 0 Å². The zero-order chi connectivity index (χ0) is 17.5. The van der Waals surface area contributed by atoms with E-state index in [9.17, 15) is 10.2 Å². The van der Waals surface area contributed by atoms with Gasteiger partial charge in [0.25, 0.3) is 0 Å². The van der Waals surface area contributed by atoms with Crippen LogP contribution >= 0.6 is 12.2 Å². The van der Waals surface area contributed by atoms with Crippen LogP contribution in [0, 0.1) is 17.3 Å². The Balaban J connectivity index is 1.63. The number of phenolic OH excluding ortho intramolecular Hbond substituents is 2. The molecule has 2 aliphatic carbocycles. The summed E-state index contributed by atoms with van der Waals surface area (Å²) in [5.74, 6) is 1.38. The quantitative estimate of drug-likeness (QED) is 0.384. The van der Waals surface area contributed by atoms with Crippen molar-refractivity contribution in [3.05, 3.63) is 23.8 Å². The molecule has 4 N–H and O–H groups in total. The van der Waals surface area contributed by atoms with Gasteiger partial charge in [0.05, 0.1) is 6.21 Å². The number of hydrazone groups is 1. The third-order valence-electron chi connectivity index (χ3n) is 6.37. The van der Waals surface area contributed by atoms with Gasteiger partial charge in [0.1, 0.15) is 11.5 Å². The van der Waals surface area contributed by atoms with Crippen LogP contribution in [0.5, 0.6) is 11.5 Å². The average molecular weight is 347 g/mol. The SMILES string of the molecule is CC1(C)[C@H]2CC[C@@H](C2)[C@@]1(C)NC(=S)N/N=C\c1ccc(O)cc1O. The second-order valence-corrected chi connectivity index (χ2v) is 8.11. The van der Waals surface area contributed by atoms with Gasteiger partial charge in [-0.1, -0.05) is 13.8 Å². The van der Waals surface area contributed by atoms with E-state index in [0.29, 0.717) is 16.6 Å². The summed E-state index contributed by atoms with van der Waals surface area (Å²) in [7, 11) is 0. The van der Waals surface area contributed by atoms with Crippen molar-refractivity contribution in [2.24, 2.45) is 22.4 Å². The summed E-state index contributed by atoms with van der Waals surface area (Å²) in [4.78, 5) is 0. The smallest absolute Gasteiger partial charge is 0.187 e. The molecule has 1 aromatic rings. The molecule has 0 amide bonds. The fraction of sp³-hybridized carbons (Fsp3) is 0.556. The van der Waals surface area contributed by atoms with Crippen LogP contribution in [0.3, 0.4) is 0 Å². The molecule has 1 aromatic carbocycles. The number of hydrogen-bond donors (Lipinski definition) is 4. The van der Waals surface area contributed by atoms with Gasteiger partial charge in [0.2, 0.25) is 0 Å². The minimum Gasteiger partial charge on any atom is -0.508 e. The first-order valence-electron chi connectivity index (χ1n) is 8.37. The standard InChI is InChI=1S/C18H25N3O2S/c1-17(2)12-5-6-13(8-12)18(17,3)20-16(24)21-19-10-11-4-7-14(22)9-15(11)23/h4,7,9-10,12-13,22-23H,5-6,8H2,1-3H3,(H2,20,21,24)/b19-10-/t12-,13-,18+/m0/s1. The minimum atomic E-state index is -0.0316. The lowest BCUT2D eigenvalue weighted by molar-refractivity contribution is 0.0833. The number of nitrogens with zero attached hydrogens (tertiary/aromatic N) is 1. The van der Waals surface area contributed by atoms with Crippen molar-refractivity contribution in [2.75, 3.05) is 0 Å². The van der Waals surface area contributed by atoms with E-state index in [1.54, 1.807) is 6.07 Å². The van der Waals surface area contributed by atoms with Crippen molar-refractivity contribution < 1.29 is 10.2 Å². The van der Waals surface area contributed by atoms with Crippen LogP contribution in [-0.4, -0.2) is 27.1 Å². The molecule has 0 unspecified atom stereocenters. The number of fused-ring (bicyclic) bond motifs is 2. The zero-order valence-corrected chi connectivity index (χ0v) is 15.2. The second-order valence-electron chi connectivity index (χ2n) is 7.70. The maximum Gasteiger partial charge on any atom is 0.187 e. The first kappa shape index (κ1) is 17.0. The van der Waals surface area contributed by atoms with Crippen LogP contribution in [0.25, 0.3) is 0 Å². The van der Waals surface area contributed by atoms with E-state index in [2.05, 4.69) is 36.6 Å². The number of thiocarbonyl (C=S) groups is 1. The van der Waals surface area contributed by atoms with Crippen molar-refractivity contribution in [3.63, 3.8) is 0 Å². The molecule has 0 radical (unpaired) electrons. The molecule has 2 saturated carbocycles. The Labute approximate surface area is 148 Å². The van der Waals surface area contributed by atoms with E-state index in [0.717, 1.165) is 5.92 Å². The molecule has 0 aliphatic heterocycles. The molecule has 2 bridgehead atoms. The zero-order valence-electron chi connectivity index (χ0n) is 14.3. The summed E-state index contributed by atoms with van der Waals surface area (Å²) < 4.78 is 0. The van der Waals surface area contributed by atoms with Crippen LogP contribution < -0.4 is 10.7 Å². The maximum atomic E-state index is 9.74. The Morgan fingerprint density at radius 3 is 2.58 bits per heavy atom. The van der Waals surface area contributed by atoms with Crippen molar-refractivity contribution in [3.8, 4) is 11.5 Å². The molecule has 0 saturated heterocycles. The average Bonchev–Trinajstić information content (AvgIpc) is 3.05. The Kier molecular flexibility index (Phi) is 4.20. The molecule has 2 fully saturated rings. The van der Waals surface area contributed by atoms with Gasteiger partial charge in [0, 0.05) is 17.2 Å². The summed E-state index contributed by atoms with van der Waals surface area (Å²) in [6.45, 7) is 6.91. The molecule has 3 atom stereocenters. The van der Waals surface area contributed by atoms with Gasteiger partial charge in [0.15, 0.2) is 5.11 Å². The van der Waals surface area contributed by atoms with E-state index in [-0.39, 0.29) is 22.5 Å². The van der Waals surface area contributed by atoms with Crippen LogP contribution in [0.2, 0.25) is 0 Å². The molecular formula is C18H25N3O2S. The van der Waals surface area contributed by atoms with Crippen LogP contribution in [0.1, 0.15) is 45.6 Å². The Morgan fingerprint density at radius 1 is 1.25 bits per heavy atom. The fourth-order valence-electron chi connectivity index (χ4n) is 4.44. The lowest BCUT2D eigenvalue weighted by atomic mass is 9.64. The van der Waals surface area contributed by atoms with Crippen molar-refractivity contribution in [1.82, 2.24) is 10.7 Å². The number of hydrogen-bond acceptors (Lipinski definition) is 4. The number of rotatable bonds is 3. The Hall–Kier alpha value is -1.82. The summed E-state index contributed by atoms with van der Waals surface area (Å²) >= 11 is 5.41. The highest BCUT2D eigenvalue weighted by atomic mass is 32.1. The molecule has 0 heterocycles. The predicted molar refractivity (Wildman–Crippen MR) is 99.3 cm³/mol. The number of aromatic hydroxyl groups is 2. The molecule has 0 aromatic heterocycles. The molecule has 2 aliphatic rings. The first-order valence-corrected chi connectivity index (χ1v) is 8.78. The monoisotopic (exact) mass is 347 g/mol. The highest BCUT2D eigenvalue weighted by Crippen LogP contribution is 2.61. The van der Waals surface area contributed by atoms with Crippen molar-refractivity contribution in [1.29, 1.82) is 0 Å². The number of phenols is 2. The van der Waals surface area contributed by atoms with E-state index in [1.165, 1.54) is 37.6 Å². The van der Waals surface area contributed by atoms with Gasteiger partial charge in [-0.05, 0) is 67.8 Å². The van der Waals surface area contributed by atoms with Crippen molar-refractivity contribution in [2.45, 2.75) is 45.6 Å². The third kappa shape index (κ3) is 2.73. The van der Waals surface area contributed by atoms with Gasteiger partial charge in [-0.2, -0.15) is 5.10 Å². The Bertz CT molecular complexity index is 689. The molecule has 130 valence electrons. The normalized spacial score (nSPS) is 30.6. The lowest BCUT2D eigenvalue weighted by Gasteiger charge is -2.48. The van der Waals surface area contributed by atoms with Gasteiger partial charge < -0.3 is 15.5 Å². The molecular weight excluding hydrogens is 322 g/mol. The van der Waals surface area contributed by atoms with Crippen LogP contribution in [-0.2, 0) is 0 Å². The highest BCUT2D eigenvalue weighted by molar-refractivity contribution is 7.80. The molecule has 3 rings (SSSR count). The summed E-state index contributed by atoms with van der Waals surface area (Å²) in [5, 5.41) is 27.1. The van der Waals surface area contributed by atoms with E-state index in [1.807, 2.05) is 0 Å². The summed E-state index contributed by atoms with van der Waals surface area (Å²) in [5.41, 5.74) is 3.51. The van der Waals surface area contributed by atoms with Gasteiger partial charge in [-0.15, -0.1) is 0 Å². The number of nitrogens with one attached hydrogen (secondary N) is 2. The molecule has 5 nitrogen and oxygen atoms in total. The predicted octanol–water partition coefficient (Wildman–Crippen LogP) is 3.11. The van der Waals surface area contributed by atoms with E-state index >= 15 is 0 Å². The van der Waals surface area contributed by atoms with Crippen LogP contribution in [0.15, 0.2) is 23.3 Å². The highest BCUT2D eigenvalue weighted by Gasteiger charge is 2.60. The van der Waals surface area contributed by atoms with E-state index in [4.69, 9.17) is 12.2 Å².